The molecule has 1 fully saturated rings. The fourth-order valence-corrected chi connectivity index (χ4v) is 3.78. The summed E-state index contributed by atoms with van der Waals surface area (Å²) in [7, 11) is 0. The third-order valence-corrected chi connectivity index (χ3v) is 5.00. The molecule has 1 aromatic carbocycles. The lowest BCUT2D eigenvalue weighted by atomic mass is 10.1. The van der Waals surface area contributed by atoms with E-state index in [0.29, 0.717) is 23.9 Å². The molecule has 1 aromatic rings. The molecule has 2 heterocycles. The Hall–Kier alpha value is -2.63. The highest BCUT2D eigenvalue weighted by Crippen LogP contribution is 2.33. The normalized spacial score (nSPS) is 15.2. The first-order valence-corrected chi connectivity index (χ1v) is 8.93. The zero-order chi connectivity index (χ0) is 17.4. The Balaban J connectivity index is 1.80. The number of H-pyrrole nitrogens is 1. The molecule has 2 aliphatic heterocycles. The Morgan fingerprint density at radius 3 is 2.80 bits per heavy atom. The zero-order valence-corrected chi connectivity index (χ0v) is 14.3. The monoisotopic (exact) mass is 338 g/mol. The second-order valence-corrected chi connectivity index (χ2v) is 6.74. The molecule has 0 amide bonds. The van der Waals surface area contributed by atoms with E-state index in [1.807, 2.05) is 13.0 Å². The molecular formula is C19H22N4O2. The van der Waals surface area contributed by atoms with E-state index in [-0.39, 0.29) is 11.3 Å². The molecule has 0 saturated heterocycles. The van der Waals surface area contributed by atoms with E-state index in [1.165, 1.54) is 12.8 Å². The quantitative estimate of drug-likeness (QED) is 0.766. The van der Waals surface area contributed by atoms with Crippen LogP contribution in [0.5, 0.6) is 5.75 Å². The zero-order valence-electron chi connectivity index (χ0n) is 14.3. The number of hydrogen-bond donors (Lipinski definition) is 2. The lowest BCUT2D eigenvalue weighted by Crippen LogP contribution is -2.18. The van der Waals surface area contributed by atoms with Gasteiger partial charge in [-0.05, 0) is 37.0 Å². The van der Waals surface area contributed by atoms with Crippen LogP contribution in [0.15, 0.2) is 29.1 Å². The van der Waals surface area contributed by atoms with Crippen LogP contribution < -0.4 is 5.56 Å². The van der Waals surface area contributed by atoms with Crippen molar-refractivity contribution in [3.05, 3.63) is 51.7 Å². The number of phenols is 1. The second-order valence-electron chi connectivity index (χ2n) is 6.74. The fraction of sp³-hybridized carbons (Fsp3) is 0.421. The van der Waals surface area contributed by atoms with E-state index < -0.39 is 0 Å². The number of nitrogens with one attached hydrogen (secondary N) is 1. The Bertz CT molecular complexity index is 922. The molecule has 0 atom stereocenters. The van der Waals surface area contributed by atoms with Gasteiger partial charge >= 0.3 is 0 Å². The number of phenolic OH excluding ortho intramolecular Hbond substituents is 1. The molecule has 6 nitrogen and oxygen atoms in total. The van der Waals surface area contributed by atoms with E-state index in [0.717, 1.165) is 36.3 Å². The lowest BCUT2D eigenvalue weighted by molar-refractivity contribution is 0.464. The number of aromatic amines is 1. The third-order valence-electron chi connectivity index (χ3n) is 5.00. The molecule has 4 rings (SSSR count). The minimum atomic E-state index is -0.218. The summed E-state index contributed by atoms with van der Waals surface area (Å²) in [6, 6.07) is 7.37. The molecule has 6 heteroatoms. The van der Waals surface area contributed by atoms with Crippen LogP contribution in [0.2, 0.25) is 0 Å². The lowest BCUT2D eigenvalue weighted by Gasteiger charge is -2.13. The van der Waals surface area contributed by atoms with Crippen molar-refractivity contribution in [2.75, 3.05) is 0 Å². The average molecular weight is 338 g/mol. The van der Waals surface area contributed by atoms with Gasteiger partial charge in [-0.2, -0.15) is 4.98 Å². The van der Waals surface area contributed by atoms with Crippen LogP contribution in [0.3, 0.4) is 0 Å². The van der Waals surface area contributed by atoms with Crippen LogP contribution in [-0.4, -0.2) is 24.9 Å². The van der Waals surface area contributed by atoms with Crippen molar-refractivity contribution < 1.29 is 5.11 Å². The van der Waals surface area contributed by atoms with Crippen LogP contribution in [0.25, 0.3) is 11.4 Å². The van der Waals surface area contributed by atoms with Gasteiger partial charge in [-0.15, -0.1) is 0 Å². The summed E-state index contributed by atoms with van der Waals surface area (Å²) in [5, 5.41) is 13.0. The van der Waals surface area contributed by atoms with Gasteiger partial charge in [0.15, 0.2) is 5.82 Å². The summed E-state index contributed by atoms with van der Waals surface area (Å²) in [6.07, 6.45) is 5.83. The highest BCUT2D eigenvalue weighted by molar-refractivity contribution is 5.59. The van der Waals surface area contributed by atoms with Crippen LogP contribution in [0.1, 0.15) is 55.7 Å². The van der Waals surface area contributed by atoms with Gasteiger partial charge in [0.05, 0.1) is 6.04 Å². The molecule has 1 aliphatic carbocycles. The SMILES string of the molecule is CCc1[nH]n(C2CCCC2)c2nc(Cc3cccc(O)c3)nc(=O)c1-2. The van der Waals surface area contributed by atoms with E-state index in [2.05, 4.69) is 14.8 Å². The molecule has 2 N–H and O–H groups in total. The molecule has 130 valence electrons. The number of benzene rings is 1. The molecule has 0 radical (unpaired) electrons. The largest absolute Gasteiger partial charge is 0.508 e. The Labute approximate surface area is 145 Å². The predicted octanol–water partition coefficient (Wildman–Crippen LogP) is 3.05. The molecule has 25 heavy (non-hydrogen) atoms. The molecule has 0 bridgehead atoms. The van der Waals surface area contributed by atoms with Crippen molar-refractivity contribution >= 4 is 0 Å². The molecular weight excluding hydrogens is 316 g/mol. The van der Waals surface area contributed by atoms with Gasteiger partial charge < -0.3 is 5.11 Å². The van der Waals surface area contributed by atoms with Gasteiger partial charge in [-0.1, -0.05) is 31.9 Å². The average Bonchev–Trinajstić information content (AvgIpc) is 3.22. The van der Waals surface area contributed by atoms with E-state index >= 15 is 0 Å². The van der Waals surface area contributed by atoms with Gasteiger partial charge in [0.2, 0.25) is 0 Å². The van der Waals surface area contributed by atoms with Gasteiger partial charge in [-0.3, -0.25) is 14.6 Å². The number of aryl methyl sites for hydroxylation is 1. The second kappa shape index (κ2) is 6.35. The topological polar surface area (TPSA) is 83.8 Å². The van der Waals surface area contributed by atoms with Gasteiger partial charge in [-0.25, -0.2) is 4.98 Å². The number of aromatic nitrogens is 4. The van der Waals surface area contributed by atoms with E-state index in [1.54, 1.807) is 18.2 Å². The van der Waals surface area contributed by atoms with Crippen molar-refractivity contribution in [3.63, 3.8) is 0 Å². The van der Waals surface area contributed by atoms with Crippen LogP contribution >= 0.6 is 0 Å². The Kier molecular flexibility index (Phi) is 4.03. The number of fused-ring (bicyclic) bond motifs is 1. The van der Waals surface area contributed by atoms with Crippen molar-refractivity contribution in [1.29, 1.82) is 0 Å². The van der Waals surface area contributed by atoms with Crippen LogP contribution in [0.4, 0.5) is 0 Å². The summed E-state index contributed by atoms with van der Waals surface area (Å²) in [5.41, 5.74) is 2.20. The van der Waals surface area contributed by atoms with Crippen LogP contribution in [-0.2, 0) is 12.8 Å². The number of nitrogens with zero attached hydrogens (tertiary/aromatic N) is 3. The smallest absolute Gasteiger partial charge is 0.284 e. The van der Waals surface area contributed by atoms with Crippen molar-refractivity contribution in [2.24, 2.45) is 0 Å². The molecule has 0 unspecified atom stereocenters. The fourth-order valence-electron chi connectivity index (χ4n) is 3.78. The van der Waals surface area contributed by atoms with Crippen molar-refractivity contribution in [2.45, 2.75) is 51.5 Å². The highest BCUT2D eigenvalue weighted by Gasteiger charge is 2.27. The Morgan fingerprint density at radius 1 is 1.28 bits per heavy atom. The maximum Gasteiger partial charge on any atom is 0.284 e. The minimum absolute atomic E-state index is 0.205. The molecule has 0 spiro atoms. The summed E-state index contributed by atoms with van der Waals surface area (Å²) in [5.74, 6) is 1.42. The number of hydrogen-bond acceptors (Lipinski definition) is 4. The minimum Gasteiger partial charge on any atom is -0.508 e. The standard InChI is InChI=1S/C19H22N4O2/c1-2-15-17-18(23(22-15)13-7-3-4-8-13)20-16(21-19(17)25)11-12-6-5-9-14(24)10-12/h5-6,9-10,13,22,24H,2-4,7-8,11H2,1H3. The first-order valence-electron chi connectivity index (χ1n) is 8.93. The van der Waals surface area contributed by atoms with Crippen molar-refractivity contribution in [1.82, 2.24) is 19.7 Å². The third kappa shape index (κ3) is 2.92. The first-order chi connectivity index (χ1) is 12.2. The predicted molar refractivity (Wildman–Crippen MR) is 95.1 cm³/mol. The maximum absolute atomic E-state index is 12.6. The van der Waals surface area contributed by atoms with Crippen molar-refractivity contribution in [3.8, 4) is 17.1 Å². The summed E-state index contributed by atoms with van der Waals surface area (Å²) in [4.78, 5) is 21.5. The van der Waals surface area contributed by atoms with Crippen LogP contribution in [0, 0.1) is 0 Å². The molecule has 1 saturated carbocycles. The van der Waals surface area contributed by atoms with E-state index in [9.17, 15) is 9.90 Å². The Morgan fingerprint density at radius 2 is 2.08 bits per heavy atom. The van der Waals surface area contributed by atoms with Gasteiger partial charge in [0.1, 0.15) is 17.1 Å². The summed E-state index contributed by atoms with van der Waals surface area (Å²) < 4.78 is 2.08. The van der Waals surface area contributed by atoms with E-state index in [4.69, 9.17) is 4.98 Å². The first kappa shape index (κ1) is 15.9. The molecule has 3 aliphatic rings. The molecule has 0 aromatic heterocycles. The number of aromatic hydroxyl groups is 1. The summed E-state index contributed by atoms with van der Waals surface area (Å²) >= 11 is 0. The summed E-state index contributed by atoms with van der Waals surface area (Å²) in [6.45, 7) is 2.03. The van der Waals surface area contributed by atoms with Gasteiger partial charge in [0.25, 0.3) is 5.56 Å². The van der Waals surface area contributed by atoms with Gasteiger partial charge in [0, 0.05) is 12.1 Å². The number of rotatable bonds is 4. The highest BCUT2D eigenvalue weighted by atomic mass is 16.3. The maximum atomic E-state index is 12.6.